The van der Waals surface area contributed by atoms with E-state index in [0.29, 0.717) is 13.2 Å². The van der Waals surface area contributed by atoms with Crippen LogP contribution in [0, 0.1) is 11.8 Å². The average molecular weight is 444 g/mol. The summed E-state index contributed by atoms with van der Waals surface area (Å²) in [6, 6.07) is -0.629. The lowest BCUT2D eigenvalue weighted by Crippen LogP contribution is -2.68. The fourth-order valence-corrected chi connectivity index (χ4v) is 3.95. The zero-order valence-electron chi connectivity index (χ0n) is 17.5. The van der Waals surface area contributed by atoms with E-state index in [1.165, 1.54) is 0 Å². The quantitative estimate of drug-likeness (QED) is 0.560. The highest BCUT2D eigenvalue weighted by Crippen LogP contribution is 2.41. The van der Waals surface area contributed by atoms with Crippen LogP contribution < -0.4 is 10.6 Å². The Morgan fingerprint density at radius 3 is 2.07 bits per heavy atom. The average Bonchev–Trinajstić information content (AvgIpc) is 2.62. The topological polar surface area (TPSA) is 42.5 Å². The maximum absolute atomic E-state index is 13.2. The zero-order chi connectivity index (χ0) is 22.7. The smallest absolute Gasteiger partial charge is 0.362 e. The van der Waals surface area contributed by atoms with Gasteiger partial charge in [0.2, 0.25) is 0 Å². The molecule has 5 unspecified atom stereocenters. The summed E-state index contributed by atoms with van der Waals surface area (Å²) in [7, 11) is 0. The van der Waals surface area contributed by atoms with Crippen molar-refractivity contribution in [2.24, 2.45) is 11.8 Å². The van der Waals surface area contributed by atoms with Gasteiger partial charge in [0.05, 0.1) is 11.6 Å². The number of allylic oxidation sites excluding steroid dienone is 4. The van der Waals surface area contributed by atoms with Crippen LogP contribution in [0.1, 0.15) is 40.5 Å². The second-order valence-corrected chi connectivity index (χ2v) is 7.95. The molecule has 2 aliphatic rings. The first-order valence-corrected chi connectivity index (χ1v) is 10.2. The van der Waals surface area contributed by atoms with Gasteiger partial charge in [-0.25, -0.2) is 0 Å². The van der Waals surface area contributed by atoms with Crippen LogP contribution in [0.4, 0.5) is 26.3 Å². The molecule has 1 fully saturated rings. The Bertz CT molecular complexity index is 630. The molecule has 0 radical (unpaired) electrons. The first-order valence-electron chi connectivity index (χ1n) is 10.2. The van der Waals surface area contributed by atoms with E-state index in [9.17, 15) is 26.3 Å². The van der Waals surface area contributed by atoms with Gasteiger partial charge in [-0.1, -0.05) is 19.9 Å². The van der Waals surface area contributed by atoms with Crippen LogP contribution in [-0.4, -0.2) is 50.1 Å². The van der Waals surface area contributed by atoms with Crippen LogP contribution >= 0.6 is 0 Å². The van der Waals surface area contributed by atoms with E-state index in [4.69, 9.17) is 9.47 Å². The summed E-state index contributed by atoms with van der Waals surface area (Å²) in [5.74, 6) is -0.771. The minimum Gasteiger partial charge on any atom is -0.362 e. The fraction of sp³-hybridized carbons (Fsp3) is 0.800. The summed E-state index contributed by atoms with van der Waals surface area (Å²) in [6.07, 6.45) is -10.00. The molecule has 2 N–H and O–H groups in total. The third kappa shape index (κ3) is 6.45. The lowest BCUT2D eigenvalue weighted by Gasteiger charge is -2.45. The highest BCUT2D eigenvalue weighted by Gasteiger charge is 2.44. The lowest BCUT2D eigenvalue weighted by atomic mass is 9.84. The molecule has 10 heteroatoms. The van der Waals surface area contributed by atoms with E-state index in [2.05, 4.69) is 10.6 Å². The third-order valence-corrected chi connectivity index (χ3v) is 5.31. The summed E-state index contributed by atoms with van der Waals surface area (Å²) in [5.41, 5.74) is -2.43. The Labute approximate surface area is 173 Å². The summed E-state index contributed by atoms with van der Waals surface area (Å²) in [4.78, 5) is 0. The van der Waals surface area contributed by atoms with Crippen molar-refractivity contribution in [1.82, 2.24) is 10.6 Å². The molecule has 1 saturated heterocycles. The van der Waals surface area contributed by atoms with E-state index < -0.39 is 54.3 Å². The molecule has 1 heterocycles. The van der Waals surface area contributed by atoms with Gasteiger partial charge in [-0.15, -0.1) is 0 Å². The summed E-state index contributed by atoms with van der Waals surface area (Å²) < 4.78 is 90.7. The van der Waals surface area contributed by atoms with Gasteiger partial charge in [0.15, 0.2) is 0 Å². The van der Waals surface area contributed by atoms with Crippen LogP contribution in [0.2, 0.25) is 0 Å². The molecule has 2 rings (SSSR count). The molecule has 0 bridgehead atoms. The minimum absolute atomic E-state index is 0.0407. The van der Waals surface area contributed by atoms with Crippen LogP contribution in [-0.2, 0) is 9.47 Å². The van der Waals surface area contributed by atoms with Gasteiger partial charge in [-0.3, -0.25) is 10.6 Å². The first-order chi connectivity index (χ1) is 13.9. The number of ether oxygens (including phenoxy) is 2. The maximum Gasteiger partial charge on any atom is 0.416 e. The maximum atomic E-state index is 13.2. The Kier molecular flexibility index (Phi) is 8.40. The predicted octanol–water partition coefficient (Wildman–Crippen LogP) is 4.69. The molecule has 0 amide bonds. The van der Waals surface area contributed by atoms with Crippen molar-refractivity contribution in [2.75, 3.05) is 13.2 Å². The van der Waals surface area contributed by atoms with Gasteiger partial charge in [-0.2, -0.15) is 26.3 Å². The molecule has 30 heavy (non-hydrogen) atoms. The largest absolute Gasteiger partial charge is 0.416 e. The molecular formula is C20H30F6N2O2. The minimum atomic E-state index is -4.84. The number of hydrogen-bond acceptors (Lipinski definition) is 4. The molecule has 1 aliphatic heterocycles. The Balaban J connectivity index is 2.26. The number of hydrogen-bond donors (Lipinski definition) is 2. The monoisotopic (exact) mass is 444 g/mol. The molecule has 4 nitrogen and oxygen atoms in total. The molecule has 0 aromatic heterocycles. The van der Waals surface area contributed by atoms with Crippen LogP contribution in [0.5, 0.6) is 0 Å². The molecule has 0 aromatic carbocycles. The van der Waals surface area contributed by atoms with Crippen LogP contribution in [0.3, 0.4) is 0 Å². The van der Waals surface area contributed by atoms with E-state index in [0.717, 1.165) is 6.08 Å². The summed E-state index contributed by atoms with van der Waals surface area (Å²) >= 11 is 0. The summed E-state index contributed by atoms with van der Waals surface area (Å²) in [6.45, 7) is 8.36. The van der Waals surface area contributed by atoms with Gasteiger partial charge >= 0.3 is 12.4 Å². The number of halogens is 6. The normalized spacial score (nSPS) is 31.0. The van der Waals surface area contributed by atoms with Gasteiger partial charge < -0.3 is 9.47 Å². The highest BCUT2D eigenvalue weighted by molar-refractivity contribution is 5.35. The fourth-order valence-electron chi connectivity index (χ4n) is 3.95. The molecule has 5 atom stereocenters. The Morgan fingerprint density at radius 2 is 1.57 bits per heavy atom. The van der Waals surface area contributed by atoms with Gasteiger partial charge in [0.1, 0.15) is 12.5 Å². The van der Waals surface area contributed by atoms with Crippen molar-refractivity contribution in [1.29, 1.82) is 0 Å². The number of nitrogens with one attached hydrogen (secondary N) is 2. The Morgan fingerprint density at radius 1 is 0.967 bits per heavy atom. The predicted molar refractivity (Wildman–Crippen MR) is 101 cm³/mol. The van der Waals surface area contributed by atoms with E-state index in [1.807, 2.05) is 20.8 Å². The standard InChI is InChI=1S/C20H30F6N2O2/c1-5-29-17-15(27-18(30-6-2)16(28-17)11(3)4)9-12-7-13(19(21,22)23)10-14(8-12)20(24,25)26/h7,10-12,15-18,27-28H,5-6,8-9H2,1-4H3. The number of rotatable bonds is 7. The zero-order valence-corrected chi connectivity index (χ0v) is 17.5. The van der Waals surface area contributed by atoms with Crippen molar-refractivity contribution < 1.29 is 35.8 Å². The van der Waals surface area contributed by atoms with Gasteiger partial charge in [0, 0.05) is 24.8 Å². The van der Waals surface area contributed by atoms with E-state index >= 15 is 0 Å². The third-order valence-electron chi connectivity index (χ3n) is 5.31. The van der Waals surface area contributed by atoms with Crippen molar-refractivity contribution in [2.45, 2.75) is 77.4 Å². The van der Waals surface area contributed by atoms with Crippen LogP contribution in [0.25, 0.3) is 0 Å². The summed E-state index contributed by atoms with van der Waals surface area (Å²) in [5, 5.41) is 6.58. The second kappa shape index (κ2) is 10.0. The second-order valence-electron chi connectivity index (χ2n) is 7.95. The van der Waals surface area contributed by atoms with Gasteiger partial charge in [-0.05, 0) is 44.6 Å². The van der Waals surface area contributed by atoms with Crippen molar-refractivity contribution in [3.63, 3.8) is 0 Å². The van der Waals surface area contributed by atoms with Crippen molar-refractivity contribution in [3.8, 4) is 0 Å². The SMILES string of the molecule is CCOC1NC(C(C)C)C(OCC)NC1CC1C=C(C(F)(F)F)C=C(C(F)(F)F)C1. The number of piperazine rings is 1. The van der Waals surface area contributed by atoms with Gasteiger partial charge in [0.25, 0.3) is 0 Å². The lowest BCUT2D eigenvalue weighted by molar-refractivity contribution is -0.105. The molecule has 174 valence electrons. The molecule has 1 aliphatic carbocycles. The molecule has 0 spiro atoms. The first kappa shape index (κ1) is 25.2. The molecule has 0 aromatic rings. The molecular weight excluding hydrogens is 414 g/mol. The number of alkyl halides is 6. The Hall–Kier alpha value is -1.10. The molecule has 0 saturated carbocycles. The highest BCUT2D eigenvalue weighted by atomic mass is 19.4. The van der Waals surface area contributed by atoms with E-state index in [-0.39, 0.29) is 24.5 Å². The van der Waals surface area contributed by atoms with E-state index in [1.54, 1.807) is 6.92 Å². The van der Waals surface area contributed by atoms with Crippen LogP contribution in [0.15, 0.2) is 23.3 Å². The van der Waals surface area contributed by atoms with Crippen molar-refractivity contribution in [3.05, 3.63) is 23.3 Å². The van der Waals surface area contributed by atoms with Crippen molar-refractivity contribution >= 4 is 0 Å².